The lowest BCUT2D eigenvalue weighted by atomic mass is 10.1. The third-order valence-electron chi connectivity index (χ3n) is 5.41. The van der Waals surface area contributed by atoms with Crippen LogP contribution < -0.4 is 14.8 Å². The van der Waals surface area contributed by atoms with Gasteiger partial charge in [-0.25, -0.2) is 9.67 Å². The summed E-state index contributed by atoms with van der Waals surface area (Å²) in [6.45, 7) is 0. The van der Waals surface area contributed by atoms with Crippen molar-refractivity contribution in [3.8, 4) is 28.4 Å². The molecule has 3 aromatic carbocycles. The van der Waals surface area contributed by atoms with Gasteiger partial charge in [0.25, 0.3) is 5.91 Å². The van der Waals surface area contributed by atoms with Crippen molar-refractivity contribution in [1.29, 1.82) is 0 Å². The number of methoxy groups -OCH3 is 2. The molecule has 180 valence electrons. The van der Waals surface area contributed by atoms with Crippen molar-refractivity contribution in [3.05, 3.63) is 94.5 Å². The second-order valence-electron chi connectivity index (χ2n) is 7.74. The second kappa shape index (κ2) is 10.3. The highest BCUT2D eigenvalue weighted by Gasteiger charge is 2.25. The Labute approximate surface area is 217 Å². The van der Waals surface area contributed by atoms with Crippen LogP contribution in [0.4, 0.5) is 5.69 Å². The van der Waals surface area contributed by atoms with Gasteiger partial charge in [0.1, 0.15) is 22.9 Å². The van der Waals surface area contributed by atoms with Gasteiger partial charge in [0.05, 0.1) is 24.8 Å². The summed E-state index contributed by atoms with van der Waals surface area (Å²) in [5.74, 6) is 0.959. The van der Waals surface area contributed by atoms with Gasteiger partial charge in [-0.05, 0) is 54.2 Å². The number of nitrogens with zero attached hydrogens (tertiary/aromatic N) is 3. The predicted molar refractivity (Wildman–Crippen MR) is 144 cm³/mol. The van der Waals surface area contributed by atoms with Gasteiger partial charge in [0.15, 0.2) is 5.17 Å². The Morgan fingerprint density at radius 1 is 1.03 bits per heavy atom. The van der Waals surface area contributed by atoms with Crippen LogP contribution in [0.25, 0.3) is 23.0 Å². The number of ether oxygens (including phenoxy) is 2. The van der Waals surface area contributed by atoms with E-state index in [2.05, 4.69) is 10.3 Å². The van der Waals surface area contributed by atoms with Crippen molar-refractivity contribution >= 4 is 46.2 Å². The number of carbonyl (C=O) groups is 1. The Hall–Kier alpha value is -4.01. The van der Waals surface area contributed by atoms with E-state index in [1.54, 1.807) is 37.1 Å². The lowest BCUT2D eigenvalue weighted by Gasteiger charge is -2.07. The summed E-state index contributed by atoms with van der Waals surface area (Å²) in [7, 11) is 3.15. The van der Waals surface area contributed by atoms with Gasteiger partial charge < -0.3 is 14.8 Å². The smallest absolute Gasteiger partial charge is 0.264 e. The molecule has 9 heteroatoms. The number of amides is 1. The average molecular weight is 517 g/mol. The second-order valence-corrected chi connectivity index (χ2v) is 9.21. The molecule has 1 saturated heterocycles. The molecular weight excluding hydrogens is 496 g/mol. The van der Waals surface area contributed by atoms with Crippen LogP contribution in [-0.2, 0) is 4.79 Å². The maximum absolute atomic E-state index is 12.8. The zero-order valence-electron chi connectivity index (χ0n) is 19.4. The zero-order chi connectivity index (χ0) is 25.1. The summed E-state index contributed by atoms with van der Waals surface area (Å²) in [5, 5.41) is 8.69. The summed E-state index contributed by atoms with van der Waals surface area (Å²) in [6.07, 6.45) is 3.71. The van der Waals surface area contributed by atoms with Crippen LogP contribution in [0.5, 0.6) is 11.5 Å². The molecule has 5 rings (SSSR count). The van der Waals surface area contributed by atoms with Crippen LogP contribution in [0.3, 0.4) is 0 Å². The fraction of sp³-hybridized carbons (Fsp3) is 0.0741. The van der Waals surface area contributed by atoms with Crippen LogP contribution in [0.1, 0.15) is 5.56 Å². The number of amidine groups is 1. The Morgan fingerprint density at radius 2 is 1.86 bits per heavy atom. The summed E-state index contributed by atoms with van der Waals surface area (Å²) < 4.78 is 12.5. The number of benzene rings is 3. The Balaban J connectivity index is 1.52. The van der Waals surface area contributed by atoms with Crippen molar-refractivity contribution in [2.24, 2.45) is 4.99 Å². The normalized spacial score (nSPS) is 15.4. The molecule has 0 bridgehead atoms. The summed E-state index contributed by atoms with van der Waals surface area (Å²) in [5.41, 5.74) is 3.83. The number of thioether (sulfide) groups is 1. The number of rotatable bonds is 6. The largest absolute Gasteiger partial charge is 0.497 e. The van der Waals surface area contributed by atoms with E-state index < -0.39 is 0 Å². The fourth-order valence-electron chi connectivity index (χ4n) is 3.67. The molecule has 2 heterocycles. The van der Waals surface area contributed by atoms with Gasteiger partial charge in [0, 0.05) is 28.4 Å². The van der Waals surface area contributed by atoms with Crippen LogP contribution >= 0.6 is 23.4 Å². The van der Waals surface area contributed by atoms with E-state index >= 15 is 0 Å². The van der Waals surface area contributed by atoms with E-state index in [1.165, 1.54) is 11.8 Å². The number of hydrogen-bond acceptors (Lipinski definition) is 6. The van der Waals surface area contributed by atoms with E-state index in [0.717, 1.165) is 16.8 Å². The molecular formula is C27H21ClN4O3S. The fourth-order valence-corrected chi connectivity index (χ4v) is 4.69. The van der Waals surface area contributed by atoms with Crippen molar-refractivity contribution in [1.82, 2.24) is 15.1 Å². The minimum atomic E-state index is -0.240. The van der Waals surface area contributed by atoms with Crippen LogP contribution in [-0.4, -0.2) is 35.1 Å². The standard InChI is InChI=1S/C27H21ClN4O3S/c1-34-21-11-12-22(23(15-21)35-2)29-27-30-26(33)24(36-27)14-18-16-32(20-9-4-3-5-10-20)31-25(18)17-7-6-8-19(28)13-17/h3-16H,1-2H3,(H,29,30,33)/b24-14+. The van der Waals surface area contributed by atoms with Gasteiger partial charge in [-0.3, -0.25) is 4.79 Å². The third-order valence-corrected chi connectivity index (χ3v) is 6.55. The summed E-state index contributed by atoms with van der Waals surface area (Å²) in [6, 6.07) is 22.6. The first kappa shape index (κ1) is 23.7. The highest BCUT2D eigenvalue weighted by molar-refractivity contribution is 8.18. The van der Waals surface area contributed by atoms with Crippen LogP contribution in [0.15, 0.2) is 88.9 Å². The van der Waals surface area contributed by atoms with E-state index in [4.69, 9.17) is 26.2 Å². The molecule has 7 nitrogen and oxygen atoms in total. The Morgan fingerprint density at radius 3 is 2.61 bits per heavy atom. The maximum Gasteiger partial charge on any atom is 0.264 e. The highest BCUT2D eigenvalue weighted by Crippen LogP contribution is 2.36. The molecule has 1 aliphatic rings. The van der Waals surface area contributed by atoms with Crippen LogP contribution in [0.2, 0.25) is 5.02 Å². The first-order valence-corrected chi connectivity index (χ1v) is 12.2. The van der Waals surface area contributed by atoms with E-state index in [1.807, 2.05) is 66.9 Å². The van der Waals surface area contributed by atoms with Crippen molar-refractivity contribution in [3.63, 3.8) is 0 Å². The molecule has 4 aromatic rings. The monoisotopic (exact) mass is 516 g/mol. The molecule has 0 unspecified atom stereocenters. The number of carbonyl (C=O) groups excluding carboxylic acids is 1. The molecule has 1 amide bonds. The van der Waals surface area contributed by atoms with Gasteiger partial charge in [-0.15, -0.1) is 0 Å². The topological polar surface area (TPSA) is 77.7 Å². The molecule has 0 aliphatic carbocycles. The molecule has 0 spiro atoms. The first-order chi connectivity index (χ1) is 17.5. The van der Waals surface area contributed by atoms with Gasteiger partial charge >= 0.3 is 0 Å². The molecule has 1 aromatic heterocycles. The van der Waals surface area contributed by atoms with E-state index in [9.17, 15) is 4.79 Å². The van der Waals surface area contributed by atoms with Gasteiger partial charge in [-0.1, -0.05) is 41.9 Å². The molecule has 0 atom stereocenters. The zero-order valence-corrected chi connectivity index (χ0v) is 21.0. The minimum Gasteiger partial charge on any atom is -0.497 e. The quantitative estimate of drug-likeness (QED) is 0.313. The number of hydrogen-bond donors (Lipinski definition) is 1. The minimum absolute atomic E-state index is 0.240. The van der Waals surface area contributed by atoms with Gasteiger partial charge in [0.2, 0.25) is 0 Å². The third kappa shape index (κ3) is 5.00. The molecule has 36 heavy (non-hydrogen) atoms. The number of aliphatic imine (C=N–C) groups is 1. The lowest BCUT2D eigenvalue weighted by molar-refractivity contribution is -0.115. The summed E-state index contributed by atoms with van der Waals surface area (Å²) in [4.78, 5) is 17.9. The number of para-hydroxylation sites is 1. The Kier molecular flexibility index (Phi) is 6.79. The SMILES string of the molecule is COc1ccc(N=C2NC(=O)/C(=C\c3cn(-c4ccccc4)nc3-c3cccc(Cl)c3)S2)c(OC)c1. The molecule has 0 radical (unpaired) electrons. The maximum atomic E-state index is 12.8. The average Bonchev–Trinajstić information content (AvgIpc) is 3.48. The van der Waals surface area contributed by atoms with Crippen molar-refractivity contribution in [2.45, 2.75) is 0 Å². The number of aromatic nitrogens is 2. The first-order valence-electron chi connectivity index (χ1n) is 11.0. The van der Waals surface area contributed by atoms with E-state index in [0.29, 0.717) is 38.0 Å². The van der Waals surface area contributed by atoms with Crippen molar-refractivity contribution in [2.75, 3.05) is 14.2 Å². The Bertz CT molecular complexity index is 1500. The molecule has 0 saturated carbocycles. The molecule has 1 fully saturated rings. The van der Waals surface area contributed by atoms with Crippen molar-refractivity contribution < 1.29 is 14.3 Å². The van der Waals surface area contributed by atoms with E-state index in [-0.39, 0.29) is 5.91 Å². The van der Waals surface area contributed by atoms with Gasteiger partial charge in [-0.2, -0.15) is 5.10 Å². The molecule has 1 aliphatic heterocycles. The number of halogens is 1. The number of nitrogens with one attached hydrogen (secondary N) is 1. The molecule has 1 N–H and O–H groups in total. The summed E-state index contributed by atoms with van der Waals surface area (Å²) >= 11 is 7.50. The highest BCUT2D eigenvalue weighted by atomic mass is 35.5. The predicted octanol–water partition coefficient (Wildman–Crippen LogP) is 6.10. The van der Waals surface area contributed by atoms with Crippen LogP contribution in [0, 0.1) is 0 Å². The lowest BCUT2D eigenvalue weighted by Crippen LogP contribution is -2.19.